The number of hydrogen-bond acceptors (Lipinski definition) is 7. The second kappa shape index (κ2) is 9.15. The van der Waals surface area contributed by atoms with E-state index >= 15 is 0 Å². The van der Waals surface area contributed by atoms with Crippen molar-refractivity contribution in [2.75, 3.05) is 12.4 Å². The van der Waals surface area contributed by atoms with Gasteiger partial charge in [-0.25, -0.2) is 4.79 Å². The molecule has 0 bridgehead atoms. The number of aliphatic carboxylic acids is 2. The monoisotopic (exact) mass is 323 g/mol. The highest BCUT2D eigenvalue weighted by atomic mass is 32.1. The van der Waals surface area contributed by atoms with Crippen LogP contribution in [0, 0.1) is 0 Å². The number of carboxylic acid groups (broad SMARTS) is 2. The van der Waals surface area contributed by atoms with E-state index < -0.39 is 54.9 Å². The van der Waals surface area contributed by atoms with Gasteiger partial charge in [0.05, 0.1) is 13.0 Å². The molecule has 0 aromatic carbocycles. The Hall–Kier alpha value is -1.85. The number of nitrogens with one attached hydrogen (secondary N) is 2. The molecule has 0 aromatic rings. The van der Waals surface area contributed by atoms with Crippen molar-refractivity contribution in [1.82, 2.24) is 10.6 Å². The Balaban J connectivity index is 4.73. The lowest BCUT2D eigenvalue weighted by atomic mass is 10.2. The van der Waals surface area contributed by atoms with Gasteiger partial charge in [0.25, 0.3) is 0 Å². The van der Waals surface area contributed by atoms with Crippen LogP contribution in [-0.4, -0.2) is 69.6 Å². The lowest BCUT2D eigenvalue weighted by molar-refractivity contribution is -0.147. The van der Waals surface area contributed by atoms with Crippen molar-refractivity contribution in [2.45, 2.75) is 24.5 Å². The van der Waals surface area contributed by atoms with Gasteiger partial charge in [-0.1, -0.05) is 0 Å². The Labute approximate surface area is 125 Å². The molecule has 21 heavy (non-hydrogen) atoms. The van der Waals surface area contributed by atoms with Gasteiger partial charge in [-0.2, -0.15) is 12.6 Å². The van der Waals surface area contributed by atoms with E-state index in [4.69, 9.17) is 21.1 Å². The maximum atomic E-state index is 11.8. The van der Waals surface area contributed by atoms with Crippen molar-refractivity contribution in [2.24, 2.45) is 5.73 Å². The maximum absolute atomic E-state index is 11.8. The molecule has 0 radical (unpaired) electrons. The zero-order chi connectivity index (χ0) is 16.6. The summed E-state index contributed by atoms with van der Waals surface area (Å²) in [6.45, 7) is -0.635. The largest absolute Gasteiger partial charge is 0.481 e. The number of rotatable bonds is 9. The number of nitrogens with two attached hydrogens (primary N) is 1. The summed E-state index contributed by atoms with van der Waals surface area (Å²) in [6, 6.07) is -4.09. The molecule has 0 fully saturated rings. The van der Waals surface area contributed by atoms with Crippen molar-refractivity contribution in [1.29, 1.82) is 0 Å². The summed E-state index contributed by atoms with van der Waals surface area (Å²) in [5, 5.41) is 30.2. The third-order valence-corrected chi connectivity index (χ3v) is 2.71. The molecule has 0 aliphatic rings. The topological polar surface area (TPSA) is 179 Å². The Kier molecular flexibility index (Phi) is 8.35. The van der Waals surface area contributed by atoms with Gasteiger partial charge in [0.2, 0.25) is 11.8 Å². The van der Waals surface area contributed by atoms with Crippen LogP contribution >= 0.6 is 12.6 Å². The third kappa shape index (κ3) is 6.92. The molecule has 0 aliphatic heterocycles. The molecule has 3 atom stereocenters. The van der Waals surface area contributed by atoms with Crippen LogP contribution < -0.4 is 16.4 Å². The number of aliphatic hydroxyl groups is 1. The van der Waals surface area contributed by atoms with Crippen LogP contribution in [0.5, 0.6) is 0 Å². The minimum Gasteiger partial charge on any atom is -0.481 e. The van der Waals surface area contributed by atoms with E-state index in [1.165, 1.54) is 0 Å². The highest BCUT2D eigenvalue weighted by Gasteiger charge is 2.28. The van der Waals surface area contributed by atoms with Gasteiger partial charge in [-0.05, 0) is 0 Å². The quantitative estimate of drug-likeness (QED) is 0.216. The SMILES string of the molecule is NC(CO)C(=O)NC(CS)C(=O)NC(CC(=O)O)C(=O)O. The fraction of sp³-hybridized carbons (Fsp3) is 0.600. The Morgan fingerprint density at radius 3 is 1.95 bits per heavy atom. The molecule has 0 heterocycles. The van der Waals surface area contributed by atoms with Crippen LogP contribution in [0.25, 0.3) is 0 Å². The van der Waals surface area contributed by atoms with Gasteiger partial charge >= 0.3 is 11.9 Å². The molecular weight excluding hydrogens is 306 g/mol. The zero-order valence-electron chi connectivity index (χ0n) is 10.9. The second-order valence-electron chi connectivity index (χ2n) is 4.03. The lowest BCUT2D eigenvalue weighted by Crippen LogP contribution is -2.56. The van der Waals surface area contributed by atoms with Crippen molar-refractivity contribution in [3.05, 3.63) is 0 Å². The van der Waals surface area contributed by atoms with Crippen molar-refractivity contribution in [3.8, 4) is 0 Å². The average Bonchev–Trinajstić information content (AvgIpc) is 2.41. The molecule has 0 spiro atoms. The molecule has 10 nitrogen and oxygen atoms in total. The lowest BCUT2D eigenvalue weighted by Gasteiger charge is -2.20. The predicted molar refractivity (Wildman–Crippen MR) is 72.7 cm³/mol. The second-order valence-corrected chi connectivity index (χ2v) is 4.40. The standard InChI is InChI=1S/C10H17N3O7S/c11-4(2-14)8(17)13-6(3-21)9(18)12-5(10(19)20)1-7(15)16/h4-6,14,21H,1-3,11H2,(H,12,18)(H,13,17)(H,15,16)(H,19,20). The van der Waals surface area contributed by atoms with Gasteiger partial charge in [0, 0.05) is 5.75 Å². The fourth-order valence-electron chi connectivity index (χ4n) is 1.20. The Morgan fingerprint density at radius 1 is 1.05 bits per heavy atom. The molecule has 7 N–H and O–H groups in total. The summed E-state index contributed by atoms with van der Waals surface area (Å²) in [5.74, 6) is -4.85. The predicted octanol–water partition coefficient (Wildman–Crippen LogP) is -3.24. The molecule has 0 aliphatic carbocycles. The highest BCUT2D eigenvalue weighted by molar-refractivity contribution is 7.80. The smallest absolute Gasteiger partial charge is 0.326 e. The normalized spacial score (nSPS) is 14.6. The van der Waals surface area contributed by atoms with E-state index in [1.807, 2.05) is 5.32 Å². The number of hydrogen-bond donors (Lipinski definition) is 7. The van der Waals surface area contributed by atoms with Gasteiger partial charge in [-0.3, -0.25) is 14.4 Å². The first-order chi connectivity index (χ1) is 9.72. The van der Waals surface area contributed by atoms with Gasteiger partial charge < -0.3 is 31.7 Å². The fourth-order valence-corrected chi connectivity index (χ4v) is 1.46. The van der Waals surface area contributed by atoms with Crippen LogP contribution in [0.2, 0.25) is 0 Å². The highest BCUT2D eigenvalue weighted by Crippen LogP contribution is 1.97. The number of thiol groups is 1. The van der Waals surface area contributed by atoms with Crippen LogP contribution in [0.3, 0.4) is 0 Å². The molecule has 120 valence electrons. The summed E-state index contributed by atoms with van der Waals surface area (Å²) < 4.78 is 0. The number of carbonyl (C=O) groups excluding carboxylic acids is 2. The number of carbonyl (C=O) groups is 4. The van der Waals surface area contributed by atoms with Crippen LogP contribution in [0.1, 0.15) is 6.42 Å². The first-order valence-electron chi connectivity index (χ1n) is 5.75. The number of amides is 2. The van der Waals surface area contributed by atoms with Crippen LogP contribution in [0.15, 0.2) is 0 Å². The Morgan fingerprint density at radius 2 is 1.57 bits per heavy atom. The summed E-state index contributed by atoms with van der Waals surface area (Å²) >= 11 is 3.83. The van der Waals surface area contributed by atoms with Crippen LogP contribution in [-0.2, 0) is 19.2 Å². The summed E-state index contributed by atoms with van der Waals surface area (Å²) in [7, 11) is 0. The number of aliphatic hydroxyl groups excluding tert-OH is 1. The van der Waals surface area contributed by atoms with Gasteiger partial charge in [-0.15, -0.1) is 0 Å². The Bertz CT molecular complexity index is 417. The number of carboxylic acids is 2. The summed E-state index contributed by atoms with van der Waals surface area (Å²) in [5.41, 5.74) is 5.24. The minimum atomic E-state index is -1.64. The zero-order valence-corrected chi connectivity index (χ0v) is 11.7. The molecule has 2 amide bonds. The molecule has 11 heteroatoms. The average molecular weight is 323 g/mol. The molecule has 0 saturated heterocycles. The molecule has 0 aromatic heterocycles. The first kappa shape index (κ1) is 19.1. The molecular formula is C10H17N3O7S. The van der Waals surface area contributed by atoms with E-state index in [1.54, 1.807) is 0 Å². The van der Waals surface area contributed by atoms with Crippen molar-refractivity contribution < 1.29 is 34.5 Å². The third-order valence-electron chi connectivity index (χ3n) is 2.34. The van der Waals surface area contributed by atoms with Gasteiger partial charge in [0.1, 0.15) is 18.1 Å². The van der Waals surface area contributed by atoms with Crippen molar-refractivity contribution in [3.63, 3.8) is 0 Å². The van der Waals surface area contributed by atoms with Crippen LogP contribution in [0.4, 0.5) is 0 Å². The van der Waals surface area contributed by atoms with E-state index in [-0.39, 0.29) is 5.75 Å². The summed E-state index contributed by atoms with van der Waals surface area (Å²) in [4.78, 5) is 44.5. The van der Waals surface area contributed by atoms with E-state index in [2.05, 4.69) is 17.9 Å². The van der Waals surface area contributed by atoms with E-state index in [9.17, 15) is 19.2 Å². The molecule has 0 rings (SSSR count). The minimum absolute atomic E-state index is 0.171. The maximum Gasteiger partial charge on any atom is 0.326 e. The van der Waals surface area contributed by atoms with E-state index in [0.29, 0.717) is 0 Å². The molecule has 3 unspecified atom stereocenters. The first-order valence-corrected chi connectivity index (χ1v) is 6.38. The van der Waals surface area contributed by atoms with Crippen molar-refractivity contribution >= 4 is 36.4 Å². The molecule has 0 saturated carbocycles. The van der Waals surface area contributed by atoms with Gasteiger partial charge in [0.15, 0.2) is 0 Å². The summed E-state index contributed by atoms with van der Waals surface area (Å²) in [6.07, 6.45) is -0.815. The van der Waals surface area contributed by atoms with E-state index in [0.717, 1.165) is 0 Å².